The van der Waals surface area contributed by atoms with Crippen LogP contribution >= 0.6 is 11.3 Å². The van der Waals surface area contributed by atoms with Crippen molar-refractivity contribution in [2.75, 3.05) is 6.54 Å². The molecule has 18 heavy (non-hydrogen) atoms. The van der Waals surface area contributed by atoms with Gasteiger partial charge >= 0.3 is 0 Å². The molecule has 2 heterocycles. The molecule has 96 valence electrons. The number of nitrogens with zero attached hydrogens (tertiary/aromatic N) is 3. The van der Waals surface area contributed by atoms with Gasteiger partial charge in [0.05, 0.1) is 5.69 Å². The van der Waals surface area contributed by atoms with Gasteiger partial charge in [-0.3, -0.25) is 9.48 Å². The van der Waals surface area contributed by atoms with Gasteiger partial charge in [0.2, 0.25) is 0 Å². The number of nitrogens with two attached hydrogens (primary N) is 1. The number of carbonyl (C=O) groups excluding carboxylic acids is 1. The highest BCUT2D eigenvalue weighted by atomic mass is 32.1. The van der Waals surface area contributed by atoms with Crippen LogP contribution in [0.2, 0.25) is 0 Å². The number of nitrogens with one attached hydrogen (secondary N) is 1. The van der Waals surface area contributed by atoms with Crippen LogP contribution in [-0.4, -0.2) is 27.2 Å². The average molecular weight is 265 g/mol. The molecule has 0 aliphatic rings. The second-order valence-corrected chi connectivity index (χ2v) is 4.76. The van der Waals surface area contributed by atoms with Crippen molar-refractivity contribution >= 4 is 17.2 Å². The molecule has 2 aromatic rings. The molecule has 6 nitrogen and oxygen atoms in total. The lowest BCUT2D eigenvalue weighted by Crippen LogP contribution is -2.26. The van der Waals surface area contributed by atoms with Crippen LogP contribution in [0.15, 0.2) is 17.6 Å². The normalized spacial score (nSPS) is 10.6. The molecule has 7 heteroatoms. The number of amides is 1. The third kappa shape index (κ3) is 3.14. The summed E-state index contributed by atoms with van der Waals surface area (Å²) in [5.74, 6) is -0.165. The third-order valence-corrected chi connectivity index (χ3v) is 3.27. The first-order chi connectivity index (χ1) is 8.69. The smallest absolute Gasteiger partial charge is 0.270 e. The molecule has 0 spiro atoms. The van der Waals surface area contributed by atoms with E-state index in [9.17, 15) is 4.79 Å². The summed E-state index contributed by atoms with van der Waals surface area (Å²) in [7, 11) is 1.87. The van der Waals surface area contributed by atoms with Crippen LogP contribution in [0, 0.1) is 0 Å². The zero-order valence-electron chi connectivity index (χ0n) is 10.1. The first-order valence-electron chi connectivity index (χ1n) is 5.60. The van der Waals surface area contributed by atoms with Crippen LogP contribution in [0.5, 0.6) is 0 Å². The monoisotopic (exact) mass is 265 g/mol. The summed E-state index contributed by atoms with van der Waals surface area (Å²) in [5.41, 5.74) is 6.84. The van der Waals surface area contributed by atoms with E-state index in [0.29, 0.717) is 25.2 Å². The molecule has 2 rings (SSSR count). The van der Waals surface area contributed by atoms with E-state index in [4.69, 9.17) is 5.73 Å². The van der Waals surface area contributed by atoms with Crippen LogP contribution < -0.4 is 11.1 Å². The molecule has 0 radical (unpaired) electrons. The number of hydrogen-bond acceptors (Lipinski definition) is 5. The molecular formula is C11H15N5OS. The van der Waals surface area contributed by atoms with Gasteiger partial charge < -0.3 is 11.1 Å². The van der Waals surface area contributed by atoms with Gasteiger partial charge in [0.15, 0.2) is 0 Å². The van der Waals surface area contributed by atoms with Gasteiger partial charge in [-0.25, -0.2) is 4.98 Å². The van der Waals surface area contributed by atoms with Gasteiger partial charge in [0.25, 0.3) is 5.91 Å². The summed E-state index contributed by atoms with van der Waals surface area (Å²) in [5, 5.41) is 9.53. The van der Waals surface area contributed by atoms with Crippen molar-refractivity contribution in [2.24, 2.45) is 12.8 Å². The highest BCUT2D eigenvalue weighted by molar-refractivity contribution is 7.09. The molecule has 0 saturated carbocycles. The van der Waals surface area contributed by atoms with Crippen molar-refractivity contribution in [1.29, 1.82) is 0 Å². The Balaban J connectivity index is 1.81. The van der Waals surface area contributed by atoms with E-state index in [1.54, 1.807) is 10.1 Å². The Bertz CT molecular complexity index is 533. The van der Waals surface area contributed by atoms with Gasteiger partial charge in [-0.15, -0.1) is 11.3 Å². The fraction of sp³-hybridized carbons (Fsp3) is 0.364. The van der Waals surface area contributed by atoms with E-state index in [1.165, 1.54) is 11.3 Å². The number of rotatable bonds is 5. The summed E-state index contributed by atoms with van der Waals surface area (Å²) in [4.78, 5) is 15.9. The van der Waals surface area contributed by atoms with Crippen molar-refractivity contribution in [3.63, 3.8) is 0 Å². The zero-order valence-corrected chi connectivity index (χ0v) is 10.9. The molecule has 1 amide bonds. The molecule has 0 saturated heterocycles. The van der Waals surface area contributed by atoms with E-state index in [0.717, 1.165) is 10.7 Å². The predicted octanol–water partition coefficient (Wildman–Crippen LogP) is 0.308. The molecule has 0 aromatic carbocycles. The van der Waals surface area contributed by atoms with E-state index in [2.05, 4.69) is 15.4 Å². The molecule has 0 unspecified atom stereocenters. The summed E-state index contributed by atoms with van der Waals surface area (Å²) < 4.78 is 1.74. The lowest BCUT2D eigenvalue weighted by atomic mass is 10.3. The van der Waals surface area contributed by atoms with Crippen LogP contribution in [0.3, 0.4) is 0 Å². The van der Waals surface area contributed by atoms with Crippen LogP contribution in [-0.2, 0) is 20.0 Å². The van der Waals surface area contributed by atoms with Gasteiger partial charge in [-0.05, 0) is 6.07 Å². The fourth-order valence-corrected chi connectivity index (χ4v) is 2.15. The average Bonchev–Trinajstić information content (AvgIpc) is 2.98. The highest BCUT2D eigenvalue weighted by Crippen LogP contribution is 2.08. The predicted molar refractivity (Wildman–Crippen MR) is 69.3 cm³/mol. The van der Waals surface area contributed by atoms with E-state index in [1.807, 2.05) is 19.3 Å². The molecule has 3 N–H and O–H groups in total. The van der Waals surface area contributed by atoms with Gasteiger partial charge in [-0.1, -0.05) is 0 Å². The van der Waals surface area contributed by atoms with E-state index in [-0.39, 0.29) is 5.91 Å². The number of thiazole rings is 1. The number of hydrogen-bond donors (Lipinski definition) is 2. The summed E-state index contributed by atoms with van der Waals surface area (Å²) in [6.45, 7) is 0.914. The quantitative estimate of drug-likeness (QED) is 0.814. The minimum Gasteiger partial charge on any atom is -0.350 e. The molecule has 2 aromatic heterocycles. The minimum absolute atomic E-state index is 0.165. The molecule has 0 aliphatic heterocycles. The highest BCUT2D eigenvalue weighted by Gasteiger charge is 2.09. The Morgan fingerprint density at radius 3 is 3.06 bits per heavy atom. The molecule has 0 bridgehead atoms. The van der Waals surface area contributed by atoms with Gasteiger partial charge in [0, 0.05) is 38.1 Å². The number of aryl methyl sites for hydroxylation is 1. The first-order valence-corrected chi connectivity index (χ1v) is 6.48. The second kappa shape index (κ2) is 5.74. The molecule has 0 aliphatic carbocycles. The summed E-state index contributed by atoms with van der Waals surface area (Å²) in [6.07, 6.45) is 2.59. The fourth-order valence-electron chi connectivity index (χ4n) is 1.50. The van der Waals surface area contributed by atoms with E-state index < -0.39 is 0 Å². The Hall–Kier alpha value is -1.73. The third-order valence-electron chi connectivity index (χ3n) is 2.39. The topological polar surface area (TPSA) is 85.8 Å². The van der Waals surface area contributed by atoms with Crippen molar-refractivity contribution < 1.29 is 4.79 Å². The lowest BCUT2D eigenvalue weighted by Gasteiger charge is -2.01. The van der Waals surface area contributed by atoms with Crippen molar-refractivity contribution in [2.45, 2.75) is 13.0 Å². The van der Waals surface area contributed by atoms with Crippen LogP contribution in [0.4, 0.5) is 0 Å². The molecule has 0 fully saturated rings. The zero-order chi connectivity index (χ0) is 13.0. The largest absolute Gasteiger partial charge is 0.350 e. The maximum Gasteiger partial charge on any atom is 0.270 e. The Morgan fingerprint density at radius 1 is 1.61 bits per heavy atom. The van der Waals surface area contributed by atoms with Gasteiger partial charge in [-0.2, -0.15) is 5.10 Å². The minimum atomic E-state index is -0.165. The maximum atomic E-state index is 11.7. The lowest BCUT2D eigenvalue weighted by molar-refractivity contribution is 0.0949. The molecule has 0 atom stereocenters. The number of carbonyl (C=O) groups is 1. The van der Waals surface area contributed by atoms with Crippen molar-refractivity contribution in [1.82, 2.24) is 20.1 Å². The Morgan fingerprint density at radius 2 is 2.44 bits per heavy atom. The summed E-state index contributed by atoms with van der Waals surface area (Å²) >= 11 is 1.40. The Kier molecular flexibility index (Phi) is 4.06. The maximum absolute atomic E-state index is 11.7. The van der Waals surface area contributed by atoms with Crippen LogP contribution in [0.1, 0.15) is 21.2 Å². The Labute approximate surface area is 109 Å². The first kappa shape index (κ1) is 12.7. The van der Waals surface area contributed by atoms with E-state index >= 15 is 0 Å². The molecular weight excluding hydrogens is 250 g/mol. The standard InChI is InChI=1S/C11H15N5OS/c1-16-5-3-8(15-16)2-4-13-11(17)9-7-18-10(6-12)14-9/h3,5,7H,2,4,6,12H2,1H3,(H,13,17). The van der Waals surface area contributed by atoms with Crippen molar-refractivity contribution in [3.8, 4) is 0 Å². The second-order valence-electron chi connectivity index (χ2n) is 3.82. The summed E-state index contributed by atoms with van der Waals surface area (Å²) in [6, 6.07) is 1.93. The van der Waals surface area contributed by atoms with Crippen molar-refractivity contribution in [3.05, 3.63) is 34.0 Å². The number of aromatic nitrogens is 3. The SMILES string of the molecule is Cn1ccc(CCNC(=O)c2csc(CN)n2)n1. The van der Waals surface area contributed by atoms with Gasteiger partial charge in [0.1, 0.15) is 10.7 Å². The van der Waals surface area contributed by atoms with Crippen LogP contribution in [0.25, 0.3) is 0 Å².